The number of amides is 1. The standard InChI is InChI=1S/C12H14N2O4/c15-11(16)10-8-13(12(17)18)6-7-14(10)9-4-2-1-3-5-9/h1-5,10H,6-8H2,(H,15,16)(H,17,18)/t10-/m0/s1. The van der Waals surface area contributed by atoms with E-state index in [-0.39, 0.29) is 6.54 Å². The summed E-state index contributed by atoms with van der Waals surface area (Å²) >= 11 is 0. The molecule has 0 aliphatic carbocycles. The third-order valence-corrected chi connectivity index (χ3v) is 3.02. The van der Waals surface area contributed by atoms with Crippen LogP contribution in [-0.4, -0.2) is 52.9 Å². The van der Waals surface area contributed by atoms with Gasteiger partial charge in [0.05, 0.1) is 6.54 Å². The van der Waals surface area contributed by atoms with Crippen LogP contribution < -0.4 is 4.90 Å². The summed E-state index contributed by atoms with van der Waals surface area (Å²) in [5.41, 5.74) is 0.801. The van der Waals surface area contributed by atoms with E-state index in [1.54, 1.807) is 4.90 Å². The number of rotatable bonds is 2. The summed E-state index contributed by atoms with van der Waals surface area (Å²) in [7, 11) is 0. The molecule has 6 nitrogen and oxygen atoms in total. The Kier molecular flexibility index (Phi) is 3.36. The minimum Gasteiger partial charge on any atom is -0.480 e. The molecule has 1 aromatic rings. The summed E-state index contributed by atoms with van der Waals surface area (Å²) < 4.78 is 0. The molecule has 18 heavy (non-hydrogen) atoms. The molecule has 0 spiro atoms. The summed E-state index contributed by atoms with van der Waals surface area (Å²) in [6, 6.07) is 8.33. The Labute approximate surface area is 104 Å². The zero-order chi connectivity index (χ0) is 13.1. The SMILES string of the molecule is O=C(O)[C@@H]1CN(C(=O)O)CCN1c1ccccc1. The van der Waals surface area contributed by atoms with Gasteiger partial charge in [-0.1, -0.05) is 18.2 Å². The van der Waals surface area contributed by atoms with Gasteiger partial charge in [0.1, 0.15) is 6.04 Å². The smallest absolute Gasteiger partial charge is 0.407 e. The molecular weight excluding hydrogens is 236 g/mol. The van der Waals surface area contributed by atoms with Crippen molar-refractivity contribution in [3.8, 4) is 0 Å². The second kappa shape index (κ2) is 4.95. The van der Waals surface area contributed by atoms with E-state index in [2.05, 4.69) is 0 Å². The van der Waals surface area contributed by atoms with Gasteiger partial charge in [-0.05, 0) is 12.1 Å². The molecular formula is C12H14N2O4. The first-order chi connectivity index (χ1) is 8.59. The number of piperazine rings is 1. The van der Waals surface area contributed by atoms with Gasteiger partial charge in [0, 0.05) is 18.8 Å². The van der Waals surface area contributed by atoms with E-state index < -0.39 is 18.1 Å². The number of hydrogen-bond donors (Lipinski definition) is 2. The van der Waals surface area contributed by atoms with Crippen LogP contribution in [0.15, 0.2) is 30.3 Å². The van der Waals surface area contributed by atoms with Gasteiger partial charge in [-0.15, -0.1) is 0 Å². The van der Waals surface area contributed by atoms with Gasteiger partial charge in [-0.25, -0.2) is 9.59 Å². The summed E-state index contributed by atoms with van der Waals surface area (Å²) in [6.45, 7) is 0.681. The third-order valence-electron chi connectivity index (χ3n) is 3.02. The van der Waals surface area contributed by atoms with E-state index in [4.69, 9.17) is 5.11 Å². The third kappa shape index (κ3) is 2.37. The maximum Gasteiger partial charge on any atom is 0.407 e. The molecule has 1 amide bonds. The Morgan fingerprint density at radius 2 is 1.78 bits per heavy atom. The molecule has 0 bridgehead atoms. The van der Waals surface area contributed by atoms with Crippen molar-refractivity contribution in [1.29, 1.82) is 0 Å². The fourth-order valence-corrected chi connectivity index (χ4v) is 2.10. The zero-order valence-electron chi connectivity index (χ0n) is 9.69. The lowest BCUT2D eigenvalue weighted by Gasteiger charge is -2.39. The first-order valence-corrected chi connectivity index (χ1v) is 5.62. The quantitative estimate of drug-likeness (QED) is 0.816. The summed E-state index contributed by atoms with van der Waals surface area (Å²) in [4.78, 5) is 25.0. The normalized spacial score (nSPS) is 19.7. The fourth-order valence-electron chi connectivity index (χ4n) is 2.10. The average molecular weight is 250 g/mol. The summed E-state index contributed by atoms with van der Waals surface area (Å²) in [5.74, 6) is -1.01. The Hall–Kier alpha value is -2.24. The van der Waals surface area contributed by atoms with Gasteiger partial charge in [0.2, 0.25) is 0 Å². The molecule has 1 aliphatic rings. The number of carboxylic acid groups (broad SMARTS) is 2. The molecule has 1 heterocycles. The number of nitrogens with zero attached hydrogens (tertiary/aromatic N) is 2. The van der Waals surface area contributed by atoms with Gasteiger partial charge >= 0.3 is 12.1 Å². The zero-order valence-corrected chi connectivity index (χ0v) is 9.69. The number of para-hydroxylation sites is 1. The topological polar surface area (TPSA) is 81.1 Å². The molecule has 0 unspecified atom stereocenters. The van der Waals surface area contributed by atoms with Crippen LogP contribution in [0.4, 0.5) is 10.5 Å². The van der Waals surface area contributed by atoms with E-state index in [1.807, 2.05) is 30.3 Å². The number of anilines is 1. The van der Waals surface area contributed by atoms with Crippen LogP contribution in [0.5, 0.6) is 0 Å². The first-order valence-electron chi connectivity index (χ1n) is 5.62. The highest BCUT2D eigenvalue weighted by Gasteiger charge is 2.34. The lowest BCUT2D eigenvalue weighted by molar-refractivity contribution is -0.139. The largest absolute Gasteiger partial charge is 0.480 e. The lowest BCUT2D eigenvalue weighted by atomic mass is 10.1. The lowest BCUT2D eigenvalue weighted by Crippen LogP contribution is -2.57. The molecule has 1 aromatic carbocycles. The molecule has 96 valence electrons. The van der Waals surface area contributed by atoms with Crippen LogP contribution >= 0.6 is 0 Å². The van der Waals surface area contributed by atoms with Crippen molar-refractivity contribution in [2.45, 2.75) is 6.04 Å². The van der Waals surface area contributed by atoms with E-state index in [0.29, 0.717) is 13.1 Å². The van der Waals surface area contributed by atoms with Gasteiger partial charge in [0.25, 0.3) is 0 Å². The maximum absolute atomic E-state index is 11.2. The van der Waals surface area contributed by atoms with E-state index in [0.717, 1.165) is 10.6 Å². The molecule has 1 aliphatic heterocycles. The Morgan fingerprint density at radius 3 is 2.33 bits per heavy atom. The second-order valence-corrected chi connectivity index (χ2v) is 4.11. The van der Waals surface area contributed by atoms with E-state index >= 15 is 0 Å². The first kappa shape index (κ1) is 12.2. The van der Waals surface area contributed by atoms with Gasteiger partial charge in [0.15, 0.2) is 0 Å². The molecule has 1 saturated heterocycles. The molecule has 1 fully saturated rings. The highest BCUT2D eigenvalue weighted by atomic mass is 16.4. The fraction of sp³-hybridized carbons (Fsp3) is 0.333. The molecule has 0 saturated carbocycles. The monoisotopic (exact) mass is 250 g/mol. The van der Waals surface area contributed by atoms with Crippen molar-refractivity contribution in [3.63, 3.8) is 0 Å². The van der Waals surface area contributed by atoms with Crippen molar-refractivity contribution in [1.82, 2.24) is 4.90 Å². The van der Waals surface area contributed by atoms with Gasteiger partial charge in [-0.3, -0.25) is 0 Å². The molecule has 6 heteroatoms. The molecule has 2 rings (SSSR count). The minimum atomic E-state index is -1.08. The van der Waals surface area contributed by atoms with E-state index in [9.17, 15) is 14.7 Å². The summed E-state index contributed by atoms with van der Waals surface area (Å²) in [6.07, 6.45) is -1.08. The van der Waals surface area contributed by atoms with Crippen molar-refractivity contribution in [3.05, 3.63) is 30.3 Å². The van der Waals surface area contributed by atoms with Crippen LogP contribution in [0.3, 0.4) is 0 Å². The maximum atomic E-state index is 11.2. The second-order valence-electron chi connectivity index (χ2n) is 4.11. The number of aliphatic carboxylic acids is 1. The van der Waals surface area contributed by atoms with Crippen LogP contribution in [-0.2, 0) is 4.79 Å². The molecule has 2 N–H and O–H groups in total. The number of hydrogen-bond acceptors (Lipinski definition) is 3. The predicted octanol–water partition coefficient (Wildman–Crippen LogP) is 0.940. The highest BCUT2D eigenvalue weighted by molar-refractivity contribution is 5.80. The minimum absolute atomic E-state index is 0.0143. The number of carboxylic acids is 1. The molecule has 1 atom stereocenters. The Bertz CT molecular complexity index is 449. The Balaban J connectivity index is 2.21. The van der Waals surface area contributed by atoms with Crippen molar-refractivity contribution in [2.24, 2.45) is 0 Å². The van der Waals surface area contributed by atoms with Crippen LogP contribution in [0.2, 0.25) is 0 Å². The van der Waals surface area contributed by atoms with Crippen molar-refractivity contribution >= 4 is 17.7 Å². The number of benzene rings is 1. The molecule has 0 radical (unpaired) electrons. The van der Waals surface area contributed by atoms with Crippen LogP contribution in [0.25, 0.3) is 0 Å². The predicted molar refractivity (Wildman–Crippen MR) is 64.8 cm³/mol. The van der Waals surface area contributed by atoms with Crippen molar-refractivity contribution < 1.29 is 19.8 Å². The summed E-state index contributed by atoms with van der Waals surface area (Å²) in [5, 5.41) is 18.1. The van der Waals surface area contributed by atoms with E-state index in [1.165, 1.54) is 0 Å². The van der Waals surface area contributed by atoms with Crippen LogP contribution in [0, 0.1) is 0 Å². The van der Waals surface area contributed by atoms with Crippen molar-refractivity contribution in [2.75, 3.05) is 24.5 Å². The van der Waals surface area contributed by atoms with Crippen LogP contribution in [0.1, 0.15) is 0 Å². The molecule has 0 aromatic heterocycles. The number of carbonyl (C=O) groups is 2. The Morgan fingerprint density at radius 1 is 1.11 bits per heavy atom. The van der Waals surface area contributed by atoms with Gasteiger partial charge < -0.3 is 20.0 Å². The highest BCUT2D eigenvalue weighted by Crippen LogP contribution is 2.20. The average Bonchev–Trinajstić information content (AvgIpc) is 2.39. The van der Waals surface area contributed by atoms with Gasteiger partial charge in [-0.2, -0.15) is 0 Å².